The fraction of sp³-hybridized carbons (Fsp3) is 0.615. The van der Waals surface area contributed by atoms with Gasteiger partial charge in [-0.2, -0.15) is 5.10 Å². The van der Waals surface area contributed by atoms with Gasteiger partial charge in [-0.15, -0.1) is 0 Å². The number of carbonyl (C=O) groups is 1. The summed E-state index contributed by atoms with van der Waals surface area (Å²) in [5.74, 6) is 0.0797. The van der Waals surface area contributed by atoms with Gasteiger partial charge >= 0.3 is 0 Å². The zero-order valence-electron chi connectivity index (χ0n) is 12.3. The average Bonchev–Trinajstić information content (AvgIpc) is 2.27. The second-order valence-corrected chi connectivity index (χ2v) is 5.77. The lowest BCUT2D eigenvalue weighted by molar-refractivity contribution is -0.123. The number of nitrogens with two attached hydrogens (primary N) is 1. The van der Waals surface area contributed by atoms with Crippen LogP contribution in [0, 0.1) is 0 Å². The number of carbonyl (C=O) groups excluding carboxylic acids is 1. The molecule has 0 aliphatic rings. The number of aromatic nitrogens is 2. The maximum absolute atomic E-state index is 11.8. The van der Waals surface area contributed by atoms with Crippen molar-refractivity contribution in [2.24, 2.45) is 5.73 Å². The van der Waals surface area contributed by atoms with E-state index < -0.39 is 5.56 Å². The summed E-state index contributed by atoms with van der Waals surface area (Å²) in [4.78, 5) is 23.5. The molecule has 7 heteroatoms. The van der Waals surface area contributed by atoms with Crippen LogP contribution in [-0.2, 0) is 11.3 Å². The lowest BCUT2D eigenvalue weighted by Crippen LogP contribution is -2.43. The van der Waals surface area contributed by atoms with Crippen molar-refractivity contribution in [2.75, 3.05) is 6.61 Å². The van der Waals surface area contributed by atoms with Gasteiger partial charge in [-0.05, 0) is 27.7 Å². The van der Waals surface area contributed by atoms with Crippen molar-refractivity contribution in [2.45, 2.75) is 45.8 Å². The third-order valence-electron chi connectivity index (χ3n) is 2.17. The first kappa shape index (κ1) is 16.2. The quantitative estimate of drug-likeness (QED) is 0.784. The number of nitrogens with zero attached hydrogens (tertiary/aromatic N) is 2. The van der Waals surface area contributed by atoms with Crippen LogP contribution in [0.2, 0.25) is 0 Å². The topological polar surface area (TPSA) is 99.2 Å². The first-order valence-electron chi connectivity index (χ1n) is 6.44. The molecule has 1 rings (SSSR count). The number of hydrogen-bond acceptors (Lipinski definition) is 5. The molecule has 0 spiro atoms. The van der Waals surface area contributed by atoms with Gasteiger partial charge in [0.05, 0.1) is 6.20 Å². The third-order valence-corrected chi connectivity index (χ3v) is 2.17. The number of amides is 1. The monoisotopic (exact) mass is 282 g/mol. The van der Waals surface area contributed by atoms with Crippen LogP contribution >= 0.6 is 0 Å². The molecule has 7 nitrogen and oxygen atoms in total. The number of hydrogen-bond donors (Lipinski definition) is 2. The van der Waals surface area contributed by atoms with Crippen molar-refractivity contribution in [1.29, 1.82) is 0 Å². The van der Waals surface area contributed by atoms with Gasteiger partial charge in [-0.3, -0.25) is 9.59 Å². The van der Waals surface area contributed by atoms with E-state index in [0.717, 1.165) is 4.68 Å². The summed E-state index contributed by atoms with van der Waals surface area (Å²) in [7, 11) is 0. The molecule has 112 valence electrons. The van der Waals surface area contributed by atoms with E-state index in [1.807, 2.05) is 20.8 Å². The lowest BCUT2D eigenvalue weighted by Gasteiger charge is -2.20. The third kappa shape index (κ3) is 5.83. The number of nitrogens with one attached hydrogen (secondary N) is 1. The normalized spacial score (nSPS) is 12.8. The molecule has 1 atom stereocenters. The molecule has 0 aliphatic carbocycles. The van der Waals surface area contributed by atoms with E-state index >= 15 is 0 Å². The summed E-state index contributed by atoms with van der Waals surface area (Å²) < 4.78 is 6.37. The molecule has 3 N–H and O–H groups in total. The van der Waals surface area contributed by atoms with E-state index in [-0.39, 0.29) is 24.0 Å². The summed E-state index contributed by atoms with van der Waals surface area (Å²) >= 11 is 0. The van der Waals surface area contributed by atoms with E-state index in [1.54, 1.807) is 6.92 Å². The minimum Gasteiger partial charge on any atom is -0.490 e. The maximum Gasteiger partial charge on any atom is 0.270 e. The molecule has 1 aromatic heterocycles. The van der Waals surface area contributed by atoms with Crippen LogP contribution in [-0.4, -0.2) is 33.9 Å². The van der Waals surface area contributed by atoms with E-state index in [1.165, 1.54) is 12.3 Å². The number of ether oxygens (including phenoxy) is 1. The first-order chi connectivity index (χ1) is 9.17. The Hall–Kier alpha value is -1.89. The molecule has 20 heavy (non-hydrogen) atoms. The summed E-state index contributed by atoms with van der Waals surface area (Å²) in [5.41, 5.74) is 4.81. The predicted octanol–water partition coefficient (Wildman–Crippen LogP) is -0.116. The highest BCUT2D eigenvalue weighted by molar-refractivity contribution is 5.76. The molecule has 1 amide bonds. The average molecular weight is 282 g/mol. The van der Waals surface area contributed by atoms with Gasteiger partial charge < -0.3 is 15.8 Å². The molecule has 0 aliphatic heterocycles. The second kappa shape index (κ2) is 6.51. The van der Waals surface area contributed by atoms with Gasteiger partial charge in [0, 0.05) is 17.6 Å². The molecule has 0 bridgehead atoms. The molecular weight excluding hydrogens is 260 g/mol. The maximum atomic E-state index is 11.8. The largest absolute Gasteiger partial charge is 0.490 e. The summed E-state index contributed by atoms with van der Waals surface area (Å²) in [6.07, 6.45) is 1.40. The summed E-state index contributed by atoms with van der Waals surface area (Å²) in [6, 6.07) is 1.16. The van der Waals surface area contributed by atoms with Gasteiger partial charge in [0.2, 0.25) is 5.91 Å². The van der Waals surface area contributed by atoms with E-state index in [0.29, 0.717) is 12.4 Å². The minimum atomic E-state index is -0.392. The van der Waals surface area contributed by atoms with Crippen LogP contribution in [0.1, 0.15) is 27.7 Å². The molecular formula is C13H22N4O3. The van der Waals surface area contributed by atoms with Gasteiger partial charge in [-0.25, -0.2) is 4.68 Å². The van der Waals surface area contributed by atoms with Crippen LogP contribution in [0.25, 0.3) is 0 Å². The van der Waals surface area contributed by atoms with E-state index in [4.69, 9.17) is 10.5 Å². The van der Waals surface area contributed by atoms with Crippen LogP contribution in [0.4, 0.5) is 0 Å². The highest BCUT2D eigenvalue weighted by Crippen LogP contribution is 2.04. The molecule has 1 aromatic rings. The standard InChI is InChI=1S/C13H22N4O3/c1-9(14)8-20-10-5-12(19)17(15-6-10)7-11(18)16-13(2,3)4/h5-6,9H,7-8,14H2,1-4H3,(H,16,18). The zero-order valence-corrected chi connectivity index (χ0v) is 12.3. The van der Waals surface area contributed by atoms with Crippen molar-refractivity contribution >= 4 is 5.91 Å². The van der Waals surface area contributed by atoms with Gasteiger partial charge in [0.1, 0.15) is 18.9 Å². The van der Waals surface area contributed by atoms with Crippen molar-refractivity contribution in [3.05, 3.63) is 22.6 Å². The molecule has 0 saturated carbocycles. The first-order valence-corrected chi connectivity index (χ1v) is 6.44. The Balaban J connectivity index is 2.69. The highest BCUT2D eigenvalue weighted by Gasteiger charge is 2.15. The molecule has 0 aromatic carbocycles. The Morgan fingerprint density at radius 1 is 1.55 bits per heavy atom. The Morgan fingerprint density at radius 2 is 2.20 bits per heavy atom. The highest BCUT2D eigenvalue weighted by atomic mass is 16.5. The van der Waals surface area contributed by atoms with Gasteiger partial charge in [-0.1, -0.05) is 0 Å². The summed E-state index contributed by atoms with van der Waals surface area (Å²) in [6.45, 7) is 7.58. The smallest absolute Gasteiger partial charge is 0.270 e. The Kier molecular flexibility index (Phi) is 5.26. The van der Waals surface area contributed by atoms with Crippen molar-refractivity contribution in [3.8, 4) is 5.75 Å². The van der Waals surface area contributed by atoms with Crippen molar-refractivity contribution < 1.29 is 9.53 Å². The SMILES string of the molecule is CC(N)COc1cnn(CC(=O)NC(C)(C)C)c(=O)c1. The van der Waals surface area contributed by atoms with Crippen LogP contribution in [0.5, 0.6) is 5.75 Å². The molecule has 0 radical (unpaired) electrons. The fourth-order valence-corrected chi connectivity index (χ4v) is 1.44. The van der Waals surface area contributed by atoms with Crippen LogP contribution < -0.4 is 21.3 Å². The van der Waals surface area contributed by atoms with Crippen LogP contribution in [0.3, 0.4) is 0 Å². The zero-order chi connectivity index (χ0) is 15.3. The molecule has 1 heterocycles. The minimum absolute atomic E-state index is 0.121. The van der Waals surface area contributed by atoms with E-state index in [2.05, 4.69) is 10.4 Å². The van der Waals surface area contributed by atoms with Gasteiger partial charge in [0.25, 0.3) is 5.56 Å². The lowest BCUT2D eigenvalue weighted by atomic mass is 10.1. The Labute approximate surface area is 118 Å². The molecule has 0 saturated heterocycles. The Morgan fingerprint density at radius 3 is 2.70 bits per heavy atom. The van der Waals surface area contributed by atoms with Gasteiger partial charge in [0.15, 0.2) is 0 Å². The molecule has 0 fully saturated rings. The molecule has 1 unspecified atom stereocenters. The fourth-order valence-electron chi connectivity index (χ4n) is 1.44. The van der Waals surface area contributed by atoms with Crippen molar-refractivity contribution in [1.82, 2.24) is 15.1 Å². The second-order valence-electron chi connectivity index (χ2n) is 5.77. The number of rotatable bonds is 5. The summed E-state index contributed by atoms with van der Waals surface area (Å²) in [5, 5.41) is 6.67. The van der Waals surface area contributed by atoms with Crippen molar-refractivity contribution in [3.63, 3.8) is 0 Å². The van der Waals surface area contributed by atoms with E-state index in [9.17, 15) is 9.59 Å². The van der Waals surface area contributed by atoms with Crippen LogP contribution in [0.15, 0.2) is 17.1 Å². The Bertz CT molecular complexity index is 517. The predicted molar refractivity (Wildman–Crippen MR) is 75.5 cm³/mol.